The van der Waals surface area contributed by atoms with Gasteiger partial charge in [0.05, 0.1) is 6.10 Å². The Kier molecular flexibility index (Phi) is 5.49. The smallest absolute Gasteiger partial charge is 0.410 e. The number of hydrogen-bond acceptors (Lipinski definition) is 4. The van der Waals surface area contributed by atoms with Crippen LogP contribution in [0.25, 0.3) is 0 Å². The third kappa shape index (κ3) is 5.83. The van der Waals surface area contributed by atoms with Gasteiger partial charge in [-0.25, -0.2) is 4.79 Å². The highest BCUT2D eigenvalue weighted by Crippen LogP contribution is 2.32. The second-order valence-electron chi connectivity index (χ2n) is 7.47. The molecule has 1 heterocycles. The van der Waals surface area contributed by atoms with Gasteiger partial charge in [0, 0.05) is 19.6 Å². The quantitative estimate of drug-likeness (QED) is 0.815. The van der Waals surface area contributed by atoms with Gasteiger partial charge >= 0.3 is 6.09 Å². The number of amides is 1. The lowest BCUT2D eigenvalue weighted by molar-refractivity contribution is 0.0183. The minimum absolute atomic E-state index is 0.174. The van der Waals surface area contributed by atoms with Crippen molar-refractivity contribution in [3.63, 3.8) is 0 Å². The van der Waals surface area contributed by atoms with E-state index in [9.17, 15) is 9.90 Å². The summed E-state index contributed by atoms with van der Waals surface area (Å²) in [5.41, 5.74) is -0.422. The molecule has 0 aromatic rings. The number of carbonyl (C=O) groups excluding carboxylic acids is 1. The fraction of sp³-hybridized carbons (Fsp3) is 0.938. The summed E-state index contributed by atoms with van der Waals surface area (Å²) in [7, 11) is 0. The minimum atomic E-state index is -0.422. The van der Waals surface area contributed by atoms with Crippen LogP contribution in [0.4, 0.5) is 4.79 Å². The SMILES string of the molecule is CC(C)(C)OC(=O)N1CCC(CNCC(O)C2CC2)CC1. The molecule has 122 valence electrons. The van der Waals surface area contributed by atoms with Gasteiger partial charge in [-0.3, -0.25) is 0 Å². The molecule has 2 rings (SSSR count). The lowest BCUT2D eigenvalue weighted by atomic mass is 9.97. The van der Waals surface area contributed by atoms with Crippen molar-refractivity contribution in [1.82, 2.24) is 10.2 Å². The number of carbonyl (C=O) groups is 1. The molecule has 1 saturated carbocycles. The van der Waals surface area contributed by atoms with Crippen LogP contribution in [0.1, 0.15) is 46.5 Å². The molecule has 2 N–H and O–H groups in total. The predicted octanol–water partition coefficient (Wildman–Crippen LogP) is 1.99. The molecular weight excluding hydrogens is 268 g/mol. The van der Waals surface area contributed by atoms with E-state index in [0.717, 1.165) is 32.5 Å². The highest BCUT2D eigenvalue weighted by atomic mass is 16.6. The molecule has 1 aliphatic carbocycles. The number of hydrogen-bond donors (Lipinski definition) is 2. The van der Waals surface area contributed by atoms with Crippen molar-refractivity contribution in [2.24, 2.45) is 11.8 Å². The average molecular weight is 298 g/mol. The Hall–Kier alpha value is -0.810. The van der Waals surface area contributed by atoms with Crippen LogP contribution < -0.4 is 5.32 Å². The van der Waals surface area contributed by atoms with E-state index in [0.29, 0.717) is 18.4 Å². The van der Waals surface area contributed by atoms with Crippen molar-refractivity contribution >= 4 is 6.09 Å². The fourth-order valence-corrected chi connectivity index (χ4v) is 2.73. The summed E-state index contributed by atoms with van der Waals surface area (Å²) in [6.07, 6.45) is 4.00. The molecular formula is C16H30N2O3. The first kappa shape index (κ1) is 16.6. The molecule has 5 nitrogen and oxygen atoms in total. The zero-order chi connectivity index (χ0) is 15.5. The predicted molar refractivity (Wildman–Crippen MR) is 82.1 cm³/mol. The second kappa shape index (κ2) is 6.97. The maximum Gasteiger partial charge on any atom is 0.410 e. The number of likely N-dealkylation sites (tertiary alicyclic amines) is 1. The summed E-state index contributed by atoms with van der Waals surface area (Å²) in [6.45, 7) is 8.87. The van der Waals surface area contributed by atoms with Gasteiger partial charge in [-0.15, -0.1) is 0 Å². The van der Waals surface area contributed by atoms with Crippen LogP contribution in [-0.2, 0) is 4.74 Å². The van der Waals surface area contributed by atoms with E-state index in [2.05, 4.69) is 5.32 Å². The average Bonchev–Trinajstić information content (AvgIpc) is 3.21. The molecule has 1 aliphatic heterocycles. The van der Waals surface area contributed by atoms with E-state index in [1.165, 1.54) is 12.8 Å². The van der Waals surface area contributed by atoms with Crippen LogP contribution in [0.15, 0.2) is 0 Å². The molecule has 5 heteroatoms. The van der Waals surface area contributed by atoms with Gasteiger partial charge in [-0.1, -0.05) is 0 Å². The molecule has 0 aromatic heterocycles. The normalized spacial score (nSPS) is 22.2. The van der Waals surface area contributed by atoms with Gasteiger partial charge in [-0.05, 0) is 64.8 Å². The first-order valence-corrected chi connectivity index (χ1v) is 8.22. The molecule has 1 unspecified atom stereocenters. The zero-order valence-corrected chi connectivity index (χ0v) is 13.6. The molecule has 1 atom stereocenters. The van der Waals surface area contributed by atoms with Gasteiger partial charge in [0.2, 0.25) is 0 Å². The summed E-state index contributed by atoms with van der Waals surface area (Å²) < 4.78 is 5.40. The Labute approximate surface area is 128 Å². The number of aliphatic hydroxyl groups is 1. The van der Waals surface area contributed by atoms with Gasteiger partial charge in [-0.2, -0.15) is 0 Å². The summed E-state index contributed by atoms with van der Waals surface area (Å²) in [4.78, 5) is 13.8. The Balaban J connectivity index is 1.60. The van der Waals surface area contributed by atoms with E-state index in [1.807, 2.05) is 20.8 Å². The third-order valence-corrected chi connectivity index (χ3v) is 4.22. The van der Waals surface area contributed by atoms with Crippen molar-refractivity contribution in [1.29, 1.82) is 0 Å². The Bertz CT molecular complexity index is 342. The maximum absolute atomic E-state index is 12.0. The number of rotatable bonds is 5. The van der Waals surface area contributed by atoms with Crippen LogP contribution >= 0.6 is 0 Å². The number of nitrogens with one attached hydrogen (secondary N) is 1. The highest BCUT2D eigenvalue weighted by Gasteiger charge is 2.30. The van der Waals surface area contributed by atoms with Gasteiger partial charge < -0.3 is 20.1 Å². The van der Waals surface area contributed by atoms with Crippen LogP contribution in [-0.4, -0.2) is 54.0 Å². The number of ether oxygens (including phenoxy) is 1. The van der Waals surface area contributed by atoms with E-state index < -0.39 is 5.60 Å². The van der Waals surface area contributed by atoms with E-state index in [1.54, 1.807) is 4.90 Å². The maximum atomic E-state index is 12.0. The molecule has 0 radical (unpaired) electrons. The molecule has 2 fully saturated rings. The molecule has 0 aromatic carbocycles. The Morgan fingerprint density at radius 1 is 1.29 bits per heavy atom. The van der Waals surface area contributed by atoms with E-state index >= 15 is 0 Å². The first-order valence-electron chi connectivity index (χ1n) is 8.22. The summed E-state index contributed by atoms with van der Waals surface area (Å²) in [5, 5.41) is 13.2. The molecule has 0 spiro atoms. The van der Waals surface area contributed by atoms with Gasteiger partial charge in [0.15, 0.2) is 0 Å². The third-order valence-electron chi connectivity index (χ3n) is 4.22. The molecule has 21 heavy (non-hydrogen) atoms. The van der Waals surface area contributed by atoms with Gasteiger partial charge in [0.25, 0.3) is 0 Å². The fourth-order valence-electron chi connectivity index (χ4n) is 2.73. The van der Waals surface area contributed by atoms with Crippen molar-refractivity contribution in [2.45, 2.75) is 58.2 Å². The van der Waals surface area contributed by atoms with Crippen molar-refractivity contribution < 1.29 is 14.6 Å². The van der Waals surface area contributed by atoms with Crippen LogP contribution in [0.5, 0.6) is 0 Å². The van der Waals surface area contributed by atoms with Crippen LogP contribution in [0, 0.1) is 11.8 Å². The summed E-state index contributed by atoms with van der Waals surface area (Å²) >= 11 is 0. The molecule has 2 aliphatic rings. The van der Waals surface area contributed by atoms with E-state index in [-0.39, 0.29) is 12.2 Å². The second-order valence-corrected chi connectivity index (χ2v) is 7.47. The standard InChI is InChI=1S/C16H30N2O3/c1-16(2,3)21-15(20)18-8-6-12(7-9-18)10-17-11-14(19)13-4-5-13/h12-14,17,19H,4-11H2,1-3H3. The molecule has 1 saturated heterocycles. The lowest BCUT2D eigenvalue weighted by Gasteiger charge is -2.33. The Morgan fingerprint density at radius 2 is 1.90 bits per heavy atom. The first-order chi connectivity index (χ1) is 9.85. The van der Waals surface area contributed by atoms with Crippen molar-refractivity contribution in [3.05, 3.63) is 0 Å². The van der Waals surface area contributed by atoms with Gasteiger partial charge in [0.1, 0.15) is 5.60 Å². The number of piperidine rings is 1. The highest BCUT2D eigenvalue weighted by molar-refractivity contribution is 5.68. The minimum Gasteiger partial charge on any atom is -0.444 e. The molecule has 0 bridgehead atoms. The largest absolute Gasteiger partial charge is 0.444 e. The molecule has 1 amide bonds. The number of aliphatic hydroxyl groups excluding tert-OH is 1. The summed E-state index contributed by atoms with van der Waals surface area (Å²) in [6, 6.07) is 0. The monoisotopic (exact) mass is 298 g/mol. The summed E-state index contributed by atoms with van der Waals surface area (Å²) in [5.74, 6) is 1.13. The zero-order valence-electron chi connectivity index (χ0n) is 13.6. The topological polar surface area (TPSA) is 61.8 Å². The number of nitrogens with zero attached hydrogens (tertiary/aromatic N) is 1. The van der Waals surface area contributed by atoms with Crippen LogP contribution in [0.3, 0.4) is 0 Å². The van der Waals surface area contributed by atoms with Crippen LogP contribution in [0.2, 0.25) is 0 Å². The van der Waals surface area contributed by atoms with Crippen molar-refractivity contribution in [3.8, 4) is 0 Å². The Morgan fingerprint density at radius 3 is 2.43 bits per heavy atom. The lowest BCUT2D eigenvalue weighted by Crippen LogP contribution is -2.43. The van der Waals surface area contributed by atoms with E-state index in [4.69, 9.17) is 4.74 Å². The van der Waals surface area contributed by atoms with Crippen molar-refractivity contribution in [2.75, 3.05) is 26.2 Å².